The lowest BCUT2D eigenvalue weighted by atomic mass is 10.1. The summed E-state index contributed by atoms with van der Waals surface area (Å²) in [7, 11) is 0. The van der Waals surface area contributed by atoms with Crippen molar-refractivity contribution in [2.75, 3.05) is 4.90 Å². The number of carboxylic acid groups (broad SMARTS) is 1. The smallest absolute Gasteiger partial charge is 0.335 e. The number of hydrogen-bond donors (Lipinski definition) is 2. The van der Waals surface area contributed by atoms with Gasteiger partial charge in [0.05, 0.1) is 5.56 Å². The van der Waals surface area contributed by atoms with Gasteiger partial charge < -0.3 is 10.1 Å². The quantitative estimate of drug-likeness (QED) is 0.728. The third-order valence-electron chi connectivity index (χ3n) is 4.16. The summed E-state index contributed by atoms with van der Waals surface area (Å²) in [5.74, 6) is -1.28. The molecule has 0 aliphatic carbocycles. The van der Waals surface area contributed by atoms with Crippen LogP contribution in [-0.2, 0) is 11.2 Å². The minimum absolute atomic E-state index is 0.110. The third kappa shape index (κ3) is 4.12. The zero-order chi connectivity index (χ0) is 19.4. The SMILES string of the molecule is CC(=O)N(c1ccc(Cc2ccc[nH]c2=O)cc1)c1cccc(C(=O)O)c1. The summed E-state index contributed by atoms with van der Waals surface area (Å²) in [6.07, 6.45) is 2.07. The fraction of sp³-hybridized carbons (Fsp3) is 0.0952. The summed E-state index contributed by atoms with van der Waals surface area (Å²) < 4.78 is 0. The second kappa shape index (κ2) is 7.70. The average molecular weight is 362 g/mol. The molecule has 0 spiro atoms. The van der Waals surface area contributed by atoms with Crippen LogP contribution in [0.15, 0.2) is 71.7 Å². The minimum atomic E-state index is -1.05. The number of aromatic nitrogens is 1. The first-order chi connectivity index (χ1) is 13.0. The highest BCUT2D eigenvalue weighted by molar-refractivity contribution is 6.00. The summed E-state index contributed by atoms with van der Waals surface area (Å²) >= 11 is 0. The number of benzene rings is 2. The van der Waals surface area contributed by atoms with Crippen molar-refractivity contribution in [3.8, 4) is 0 Å². The molecule has 1 heterocycles. The highest BCUT2D eigenvalue weighted by atomic mass is 16.4. The fourth-order valence-electron chi connectivity index (χ4n) is 2.87. The summed E-state index contributed by atoms with van der Waals surface area (Å²) in [5, 5.41) is 9.17. The molecule has 0 saturated heterocycles. The Bertz CT molecular complexity index is 1040. The molecule has 0 bridgehead atoms. The lowest BCUT2D eigenvalue weighted by Crippen LogP contribution is -2.23. The first-order valence-electron chi connectivity index (χ1n) is 8.35. The Balaban J connectivity index is 1.90. The number of hydrogen-bond acceptors (Lipinski definition) is 3. The van der Waals surface area contributed by atoms with Gasteiger partial charge in [-0.3, -0.25) is 14.5 Å². The summed E-state index contributed by atoms with van der Waals surface area (Å²) in [6, 6.07) is 17.0. The number of carboxylic acids is 1. The van der Waals surface area contributed by atoms with Crippen molar-refractivity contribution < 1.29 is 14.7 Å². The summed E-state index contributed by atoms with van der Waals surface area (Å²) in [6.45, 7) is 1.42. The van der Waals surface area contributed by atoms with Gasteiger partial charge in [0, 0.05) is 36.5 Å². The number of carbonyl (C=O) groups is 2. The van der Waals surface area contributed by atoms with E-state index in [1.807, 2.05) is 12.1 Å². The van der Waals surface area contributed by atoms with Crippen LogP contribution < -0.4 is 10.5 Å². The molecule has 0 saturated carbocycles. The van der Waals surface area contributed by atoms with Gasteiger partial charge in [0.1, 0.15) is 0 Å². The van der Waals surface area contributed by atoms with E-state index >= 15 is 0 Å². The van der Waals surface area contributed by atoms with Gasteiger partial charge in [-0.05, 0) is 42.0 Å². The maximum atomic E-state index is 12.2. The standard InChI is InChI=1S/C21H18N2O4/c1-14(24)23(19-6-2-4-17(13-19)21(26)27)18-9-7-15(8-10-18)12-16-5-3-11-22-20(16)25/h2-11,13H,12H2,1H3,(H,22,25)(H,26,27). The molecule has 6 heteroatoms. The van der Waals surface area contributed by atoms with Gasteiger partial charge >= 0.3 is 5.97 Å². The van der Waals surface area contributed by atoms with E-state index in [2.05, 4.69) is 4.98 Å². The molecule has 0 fully saturated rings. The van der Waals surface area contributed by atoms with Gasteiger partial charge in [0.15, 0.2) is 0 Å². The molecular formula is C21H18N2O4. The van der Waals surface area contributed by atoms with Crippen molar-refractivity contribution in [1.82, 2.24) is 4.98 Å². The second-order valence-electron chi connectivity index (χ2n) is 6.08. The Morgan fingerprint density at radius 3 is 2.37 bits per heavy atom. The van der Waals surface area contributed by atoms with Crippen molar-refractivity contribution in [2.45, 2.75) is 13.3 Å². The van der Waals surface area contributed by atoms with Crippen molar-refractivity contribution in [1.29, 1.82) is 0 Å². The van der Waals surface area contributed by atoms with Crippen LogP contribution in [0.5, 0.6) is 0 Å². The predicted molar refractivity (Wildman–Crippen MR) is 103 cm³/mol. The van der Waals surface area contributed by atoms with E-state index in [4.69, 9.17) is 5.11 Å². The lowest BCUT2D eigenvalue weighted by Gasteiger charge is -2.22. The number of rotatable bonds is 5. The van der Waals surface area contributed by atoms with Crippen molar-refractivity contribution in [2.24, 2.45) is 0 Å². The predicted octanol–water partition coefficient (Wildman–Crippen LogP) is 3.35. The van der Waals surface area contributed by atoms with Crippen LogP contribution in [0.2, 0.25) is 0 Å². The zero-order valence-corrected chi connectivity index (χ0v) is 14.7. The molecule has 0 atom stereocenters. The molecule has 2 aromatic carbocycles. The molecule has 0 aliphatic rings. The Morgan fingerprint density at radius 2 is 1.74 bits per heavy atom. The molecule has 1 amide bonds. The number of anilines is 2. The van der Waals surface area contributed by atoms with E-state index in [1.54, 1.807) is 42.6 Å². The summed E-state index contributed by atoms with van der Waals surface area (Å²) in [5.41, 5.74) is 2.67. The van der Waals surface area contributed by atoms with E-state index in [1.165, 1.54) is 24.0 Å². The van der Waals surface area contributed by atoms with Crippen LogP contribution in [0.3, 0.4) is 0 Å². The van der Waals surface area contributed by atoms with Crippen LogP contribution in [0.4, 0.5) is 11.4 Å². The van der Waals surface area contributed by atoms with Crippen LogP contribution in [0.1, 0.15) is 28.4 Å². The molecule has 3 rings (SSSR count). The number of amides is 1. The van der Waals surface area contributed by atoms with Gasteiger partial charge in [0.2, 0.25) is 5.91 Å². The highest BCUT2D eigenvalue weighted by Crippen LogP contribution is 2.27. The lowest BCUT2D eigenvalue weighted by molar-refractivity contribution is -0.115. The summed E-state index contributed by atoms with van der Waals surface area (Å²) in [4.78, 5) is 39.3. The van der Waals surface area contributed by atoms with Crippen molar-refractivity contribution in [3.05, 3.63) is 93.9 Å². The topological polar surface area (TPSA) is 90.5 Å². The minimum Gasteiger partial charge on any atom is -0.478 e. The number of nitrogens with one attached hydrogen (secondary N) is 1. The molecule has 2 N–H and O–H groups in total. The van der Waals surface area contributed by atoms with Crippen LogP contribution >= 0.6 is 0 Å². The van der Waals surface area contributed by atoms with E-state index in [-0.39, 0.29) is 17.0 Å². The van der Waals surface area contributed by atoms with Crippen LogP contribution in [-0.4, -0.2) is 22.0 Å². The maximum absolute atomic E-state index is 12.2. The molecule has 0 aliphatic heterocycles. The van der Waals surface area contributed by atoms with E-state index in [9.17, 15) is 14.4 Å². The molecule has 6 nitrogen and oxygen atoms in total. The number of aromatic carboxylic acids is 1. The first kappa shape index (κ1) is 18.1. The normalized spacial score (nSPS) is 10.4. The third-order valence-corrected chi connectivity index (χ3v) is 4.16. The average Bonchev–Trinajstić information content (AvgIpc) is 2.65. The van der Waals surface area contributed by atoms with Crippen molar-refractivity contribution in [3.63, 3.8) is 0 Å². The zero-order valence-electron chi connectivity index (χ0n) is 14.7. The van der Waals surface area contributed by atoms with E-state index in [0.717, 1.165) is 5.56 Å². The fourth-order valence-corrected chi connectivity index (χ4v) is 2.87. The highest BCUT2D eigenvalue weighted by Gasteiger charge is 2.16. The second-order valence-corrected chi connectivity index (χ2v) is 6.08. The Labute approximate surface area is 155 Å². The van der Waals surface area contributed by atoms with E-state index in [0.29, 0.717) is 23.4 Å². The van der Waals surface area contributed by atoms with Gasteiger partial charge in [0.25, 0.3) is 5.56 Å². The molecule has 27 heavy (non-hydrogen) atoms. The Morgan fingerprint density at radius 1 is 1.00 bits per heavy atom. The molecule has 0 radical (unpaired) electrons. The van der Waals surface area contributed by atoms with Crippen LogP contribution in [0, 0.1) is 0 Å². The van der Waals surface area contributed by atoms with Gasteiger partial charge in [-0.15, -0.1) is 0 Å². The van der Waals surface area contributed by atoms with Gasteiger partial charge in [-0.1, -0.05) is 24.3 Å². The molecular weight excluding hydrogens is 344 g/mol. The molecule has 136 valence electrons. The largest absolute Gasteiger partial charge is 0.478 e. The molecule has 3 aromatic rings. The number of carbonyl (C=O) groups excluding carboxylic acids is 1. The number of H-pyrrole nitrogens is 1. The van der Waals surface area contributed by atoms with Gasteiger partial charge in [-0.2, -0.15) is 0 Å². The van der Waals surface area contributed by atoms with Crippen LogP contribution in [0.25, 0.3) is 0 Å². The number of pyridine rings is 1. The van der Waals surface area contributed by atoms with Gasteiger partial charge in [-0.25, -0.2) is 4.79 Å². The Kier molecular flexibility index (Phi) is 5.17. The van der Waals surface area contributed by atoms with E-state index < -0.39 is 5.97 Å². The van der Waals surface area contributed by atoms with Crippen molar-refractivity contribution >= 4 is 23.3 Å². The first-order valence-corrected chi connectivity index (χ1v) is 8.35. The monoisotopic (exact) mass is 362 g/mol. The number of aromatic amines is 1. The number of nitrogens with zero attached hydrogens (tertiary/aromatic N) is 1. The maximum Gasteiger partial charge on any atom is 0.335 e. The Hall–Kier alpha value is -3.67. The molecule has 0 unspecified atom stereocenters. The molecule has 1 aromatic heterocycles.